The molecule has 0 fully saturated rings. The fourth-order valence-electron chi connectivity index (χ4n) is 1.56. The molecule has 1 aromatic heterocycles. The smallest absolute Gasteiger partial charge is 0.191 e. The largest absolute Gasteiger partial charge is 0.357 e. The molecule has 0 aliphatic rings. The molecule has 2 N–H and O–H groups in total. The number of rotatable bonds is 7. The normalized spacial score (nSPS) is 12.2. The van der Waals surface area contributed by atoms with Crippen molar-refractivity contribution in [3.8, 4) is 0 Å². The highest BCUT2D eigenvalue weighted by atomic mass is 127. The second-order valence-corrected chi connectivity index (χ2v) is 7.26. The van der Waals surface area contributed by atoms with E-state index in [1.54, 1.807) is 11.3 Å². The molecule has 0 amide bonds. The highest BCUT2D eigenvalue weighted by Gasteiger charge is 2.19. The van der Waals surface area contributed by atoms with Crippen molar-refractivity contribution in [3.63, 3.8) is 0 Å². The molecule has 128 valence electrons. The van der Waals surface area contributed by atoms with Gasteiger partial charge in [-0.3, -0.25) is 4.99 Å². The van der Waals surface area contributed by atoms with E-state index in [1.807, 2.05) is 6.20 Å². The summed E-state index contributed by atoms with van der Waals surface area (Å²) in [5.41, 5.74) is 0.0504. The third-order valence-corrected chi connectivity index (χ3v) is 4.45. The summed E-state index contributed by atoms with van der Waals surface area (Å²) in [6.07, 6.45) is 2.86. The van der Waals surface area contributed by atoms with E-state index in [0.717, 1.165) is 32.0 Å². The molecule has 0 aromatic carbocycles. The van der Waals surface area contributed by atoms with Crippen LogP contribution in [0.5, 0.6) is 0 Å². The van der Waals surface area contributed by atoms with Gasteiger partial charge in [0.2, 0.25) is 0 Å². The Kier molecular flexibility index (Phi) is 10.2. The minimum absolute atomic E-state index is 0. The number of nitrogens with one attached hydrogen (secondary N) is 2. The highest BCUT2D eigenvalue weighted by Crippen LogP contribution is 2.11. The van der Waals surface area contributed by atoms with Gasteiger partial charge in [0.1, 0.15) is 0 Å². The first kappa shape index (κ1) is 21.6. The van der Waals surface area contributed by atoms with E-state index in [2.05, 4.69) is 67.3 Å². The molecule has 1 rings (SSSR count). The lowest BCUT2D eigenvalue weighted by atomic mass is 10.1. The minimum atomic E-state index is 0. The third-order valence-electron chi connectivity index (χ3n) is 3.48. The van der Waals surface area contributed by atoms with Crippen LogP contribution in [0.15, 0.2) is 11.2 Å². The summed E-state index contributed by atoms with van der Waals surface area (Å²) in [6.45, 7) is 11.0. The van der Waals surface area contributed by atoms with Crippen molar-refractivity contribution in [2.24, 2.45) is 4.99 Å². The van der Waals surface area contributed by atoms with E-state index in [0.29, 0.717) is 0 Å². The predicted octanol–water partition coefficient (Wildman–Crippen LogP) is 2.51. The maximum absolute atomic E-state index is 4.68. The van der Waals surface area contributed by atoms with Gasteiger partial charge >= 0.3 is 0 Å². The van der Waals surface area contributed by atoms with Crippen molar-refractivity contribution >= 4 is 41.3 Å². The van der Waals surface area contributed by atoms with Crippen molar-refractivity contribution in [2.75, 3.05) is 33.7 Å². The SMILES string of the molecule is CCNC(=NCC(C)(C)N(C)C)NCCc1ncc(C)s1.I. The molecule has 1 aromatic rings. The van der Waals surface area contributed by atoms with E-state index in [9.17, 15) is 0 Å². The molecule has 0 spiro atoms. The first-order valence-electron chi connectivity index (χ1n) is 7.46. The van der Waals surface area contributed by atoms with Gasteiger partial charge in [0.25, 0.3) is 0 Å². The number of hydrogen-bond acceptors (Lipinski definition) is 4. The number of aromatic nitrogens is 1. The molecular weight excluding hydrogens is 409 g/mol. The van der Waals surface area contributed by atoms with Crippen LogP contribution in [0.3, 0.4) is 0 Å². The van der Waals surface area contributed by atoms with Crippen molar-refractivity contribution in [3.05, 3.63) is 16.1 Å². The Bertz CT molecular complexity index is 457. The number of aliphatic imine (C=N–C) groups is 1. The lowest BCUT2D eigenvalue weighted by molar-refractivity contribution is 0.204. The molecule has 0 aliphatic carbocycles. The number of likely N-dealkylation sites (N-methyl/N-ethyl adjacent to an activating group) is 1. The van der Waals surface area contributed by atoms with E-state index in [4.69, 9.17) is 0 Å². The van der Waals surface area contributed by atoms with E-state index < -0.39 is 0 Å². The Labute approximate surface area is 156 Å². The summed E-state index contributed by atoms with van der Waals surface area (Å²) in [6, 6.07) is 0. The number of thiazole rings is 1. The number of hydrogen-bond donors (Lipinski definition) is 2. The maximum Gasteiger partial charge on any atom is 0.191 e. The Morgan fingerprint density at radius 1 is 1.36 bits per heavy atom. The number of nitrogens with zero attached hydrogens (tertiary/aromatic N) is 3. The molecule has 0 radical (unpaired) electrons. The molecule has 0 aliphatic heterocycles. The fourth-order valence-corrected chi connectivity index (χ4v) is 2.35. The highest BCUT2D eigenvalue weighted by molar-refractivity contribution is 14.0. The van der Waals surface area contributed by atoms with Gasteiger partial charge in [0, 0.05) is 36.1 Å². The monoisotopic (exact) mass is 439 g/mol. The predicted molar refractivity (Wildman–Crippen MR) is 108 cm³/mol. The van der Waals surface area contributed by atoms with Gasteiger partial charge in [-0.05, 0) is 41.8 Å². The van der Waals surface area contributed by atoms with Crippen LogP contribution in [-0.4, -0.2) is 55.1 Å². The fraction of sp³-hybridized carbons (Fsp3) is 0.733. The van der Waals surface area contributed by atoms with Crippen molar-refractivity contribution in [1.29, 1.82) is 0 Å². The van der Waals surface area contributed by atoms with Crippen molar-refractivity contribution in [1.82, 2.24) is 20.5 Å². The maximum atomic E-state index is 4.68. The summed E-state index contributed by atoms with van der Waals surface area (Å²) >= 11 is 1.76. The minimum Gasteiger partial charge on any atom is -0.357 e. The van der Waals surface area contributed by atoms with Gasteiger partial charge in [-0.15, -0.1) is 35.3 Å². The molecule has 0 unspecified atom stereocenters. The molecule has 0 bridgehead atoms. The van der Waals surface area contributed by atoms with Crippen LogP contribution in [0.1, 0.15) is 30.7 Å². The van der Waals surface area contributed by atoms with E-state index in [1.165, 1.54) is 9.88 Å². The molecule has 0 saturated heterocycles. The molecular formula is C15H30IN5S. The Balaban J connectivity index is 0.00000441. The van der Waals surface area contributed by atoms with E-state index in [-0.39, 0.29) is 29.5 Å². The Morgan fingerprint density at radius 2 is 2.05 bits per heavy atom. The van der Waals surface area contributed by atoms with Gasteiger partial charge in [0.15, 0.2) is 5.96 Å². The van der Waals surface area contributed by atoms with Gasteiger partial charge in [-0.25, -0.2) is 4.98 Å². The second-order valence-electron chi connectivity index (χ2n) is 5.94. The molecule has 5 nitrogen and oxygen atoms in total. The lowest BCUT2D eigenvalue weighted by Gasteiger charge is -2.31. The summed E-state index contributed by atoms with van der Waals surface area (Å²) in [5, 5.41) is 7.84. The molecule has 0 saturated carbocycles. The van der Waals surface area contributed by atoms with Gasteiger partial charge in [-0.2, -0.15) is 0 Å². The van der Waals surface area contributed by atoms with Gasteiger partial charge in [0.05, 0.1) is 11.6 Å². The van der Waals surface area contributed by atoms with Gasteiger partial charge in [-0.1, -0.05) is 0 Å². The zero-order chi connectivity index (χ0) is 15.9. The second kappa shape index (κ2) is 10.4. The standard InChI is InChI=1S/C15H29N5S.HI/c1-7-16-14(19-11-15(3,4)20(5)6)17-9-8-13-18-10-12(2)21-13;/h10H,7-9,11H2,1-6H3,(H2,16,17,19);1H. The molecule has 0 atom stereocenters. The van der Waals surface area contributed by atoms with Crippen LogP contribution in [-0.2, 0) is 6.42 Å². The Morgan fingerprint density at radius 3 is 2.55 bits per heavy atom. The number of guanidine groups is 1. The first-order valence-corrected chi connectivity index (χ1v) is 8.27. The average Bonchev–Trinajstić information content (AvgIpc) is 2.81. The summed E-state index contributed by atoms with van der Waals surface area (Å²) in [7, 11) is 4.17. The molecule has 7 heteroatoms. The summed E-state index contributed by atoms with van der Waals surface area (Å²) in [4.78, 5) is 12.5. The van der Waals surface area contributed by atoms with Crippen LogP contribution in [0.2, 0.25) is 0 Å². The zero-order valence-electron chi connectivity index (χ0n) is 14.6. The molecule has 1 heterocycles. The van der Waals surface area contributed by atoms with E-state index >= 15 is 0 Å². The zero-order valence-corrected chi connectivity index (χ0v) is 17.7. The quantitative estimate of drug-likeness (QED) is 0.390. The van der Waals surface area contributed by atoms with Crippen LogP contribution in [0.25, 0.3) is 0 Å². The third kappa shape index (κ3) is 7.73. The average molecular weight is 439 g/mol. The van der Waals surface area contributed by atoms with Crippen LogP contribution >= 0.6 is 35.3 Å². The summed E-state index contributed by atoms with van der Waals surface area (Å²) in [5.74, 6) is 0.876. The number of aryl methyl sites for hydroxylation is 1. The molecule has 22 heavy (non-hydrogen) atoms. The first-order chi connectivity index (χ1) is 9.85. The number of halogens is 1. The van der Waals surface area contributed by atoms with Gasteiger partial charge < -0.3 is 15.5 Å². The van der Waals surface area contributed by atoms with Crippen molar-refractivity contribution in [2.45, 2.75) is 39.7 Å². The van der Waals surface area contributed by atoms with Crippen LogP contribution in [0.4, 0.5) is 0 Å². The Hall–Kier alpha value is -0.410. The lowest BCUT2D eigenvalue weighted by Crippen LogP contribution is -2.44. The van der Waals surface area contributed by atoms with Crippen molar-refractivity contribution < 1.29 is 0 Å². The topological polar surface area (TPSA) is 52.6 Å². The van der Waals surface area contributed by atoms with Crippen LogP contribution < -0.4 is 10.6 Å². The van der Waals surface area contributed by atoms with Crippen LogP contribution in [0, 0.1) is 6.92 Å². The summed E-state index contributed by atoms with van der Waals surface area (Å²) < 4.78 is 0.